The lowest BCUT2D eigenvalue weighted by molar-refractivity contribution is -0.120. The molecule has 75 heavy (non-hydrogen) atoms. The van der Waals surface area contributed by atoms with Crippen molar-refractivity contribution in [1.29, 1.82) is 0 Å². The van der Waals surface area contributed by atoms with Crippen molar-refractivity contribution < 1.29 is 38.5 Å². The quantitative estimate of drug-likeness (QED) is 0.0482. The number of primary amides is 2. The molecule has 0 aliphatic rings. The Morgan fingerprint density at radius 2 is 0.987 bits per heavy atom. The number of nitrogens with zero attached hydrogens (tertiary/aromatic N) is 2. The van der Waals surface area contributed by atoms with Crippen molar-refractivity contribution in [2.75, 3.05) is 0 Å². The minimum absolute atomic E-state index is 0. The first-order valence-electron chi connectivity index (χ1n) is 22.1. The van der Waals surface area contributed by atoms with Gasteiger partial charge in [0.05, 0.1) is 44.3 Å². The number of nitrogens with two attached hydrogens (primary N) is 2. The Morgan fingerprint density at radius 1 is 0.573 bits per heavy atom. The molecule has 0 aliphatic carbocycles. The van der Waals surface area contributed by atoms with Crippen molar-refractivity contribution in [3.63, 3.8) is 0 Å². The number of nitrogens with one attached hydrogen (secondary N) is 4. The van der Waals surface area contributed by atoms with Crippen molar-refractivity contribution in [3.8, 4) is 29.0 Å². The van der Waals surface area contributed by atoms with E-state index >= 15 is 0 Å². The van der Waals surface area contributed by atoms with Crippen LogP contribution in [0.1, 0.15) is 89.2 Å². The van der Waals surface area contributed by atoms with Crippen LogP contribution >= 0.6 is 34.8 Å². The number of carbonyl (C=O) groups excluding carboxylic acids is 4. The van der Waals surface area contributed by atoms with Gasteiger partial charge in [-0.15, -0.1) is 0 Å². The molecule has 9 N–H and O–H groups in total. The fourth-order valence-corrected chi connectivity index (χ4v) is 7.36. The molecule has 4 amide bonds. The van der Waals surface area contributed by atoms with E-state index in [1.54, 1.807) is 60.7 Å². The second-order valence-corrected chi connectivity index (χ2v) is 17.6. The van der Waals surface area contributed by atoms with E-state index in [1.165, 1.54) is 24.3 Å². The van der Waals surface area contributed by atoms with Gasteiger partial charge in [-0.05, 0) is 135 Å². The van der Waals surface area contributed by atoms with Crippen LogP contribution in [0.3, 0.4) is 0 Å². The Bertz CT molecular complexity index is 3040. The first-order valence-corrected chi connectivity index (χ1v) is 23.3. The molecule has 400 valence electrons. The predicted molar refractivity (Wildman–Crippen MR) is 301 cm³/mol. The largest absolute Gasteiger partial charge is 0.508 e. The summed E-state index contributed by atoms with van der Waals surface area (Å²) in [5.74, 6) is -0.577. The van der Waals surface area contributed by atoms with Crippen LogP contribution in [0, 0.1) is 0 Å². The molecule has 2 heterocycles. The lowest BCUT2D eigenvalue weighted by Gasteiger charge is -2.17. The van der Waals surface area contributed by atoms with Gasteiger partial charge in [-0.1, -0.05) is 101 Å². The summed E-state index contributed by atoms with van der Waals surface area (Å²) in [5.41, 5.74) is 16.7. The molecule has 0 aliphatic heterocycles. The number of imidazole rings is 2. The molecule has 0 unspecified atom stereocenters. The fraction of sp³-hybridized carbons (Fsp3) is 0.250. The smallest absolute Gasteiger partial charge is 0.300 e. The number of phenolic OH excluding ortho intramolecular Hbond substituents is 1. The first kappa shape index (κ1) is 63.3. The number of carbonyl (C=O) groups is 4. The second-order valence-electron chi connectivity index (χ2n) is 16.4. The topological polar surface area (TPSA) is 250 Å². The molecule has 0 radical (unpaired) electrons. The standard InChI is InChI=1S/C26H25ClN4O4.C19H21ClN2O4.C7H5ClN2.4CH4/c1-15(2)34-23-12-9-17(14-19(23)27)25(33)29-22(24(28)32)13-16-7-10-18(11-8-16)35-26-30-20-5-3-4-6-21(20)31-26;1-11(2)26-17-8-5-13(10-15(17)20)19(25)22-16(18(21)24)9-12-3-6-14(23)7-4-12;8-7-9-5-3-1-2-4-6(5)10-7;;;;/h3-12,14-15,22H,13H2,1-2H3,(H2,28,32)(H,29,33)(H,30,31);3-8,10-11,16,23H,9H2,1-2H3,(H2,21,24)(H,22,25);1-4H,(H,9,10);4*1H4/t22-;16-;;;;;/m00...../s1. The molecule has 0 fully saturated rings. The lowest BCUT2D eigenvalue weighted by Crippen LogP contribution is -2.45. The first-order chi connectivity index (χ1) is 33.9. The highest BCUT2D eigenvalue weighted by atomic mass is 35.5. The Balaban J connectivity index is 0.000000423. The molecule has 2 atom stereocenters. The number of fused-ring (bicyclic) bond motifs is 2. The van der Waals surface area contributed by atoms with Crippen molar-refractivity contribution in [1.82, 2.24) is 30.6 Å². The molecule has 16 nitrogen and oxygen atoms in total. The highest BCUT2D eigenvalue weighted by Gasteiger charge is 2.22. The Labute approximate surface area is 453 Å². The number of H-pyrrole nitrogens is 2. The van der Waals surface area contributed by atoms with Gasteiger partial charge in [0.15, 0.2) is 0 Å². The summed E-state index contributed by atoms with van der Waals surface area (Å²) in [5, 5.41) is 15.7. The third kappa shape index (κ3) is 18.9. The zero-order chi connectivity index (χ0) is 51.2. The van der Waals surface area contributed by atoms with Gasteiger partial charge in [-0.25, -0.2) is 4.98 Å². The van der Waals surface area contributed by atoms with Crippen LogP contribution in [0.2, 0.25) is 15.3 Å². The van der Waals surface area contributed by atoms with Crippen LogP contribution in [0.25, 0.3) is 22.1 Å². The van der Waals surface area contributed by atoms with E-state index in [2.05, 4.69) is 30.6 Å². The van der Waals surface area contributed by atoms with Gasteiger partial charge in [-0.2, -0.15) is 4.98 Å². The number of para-hydroxylation sites is 4. The van der Waals surface area contributed by atoms with Crippen molar-refractivity contribution >= 4 is 80.5 Å². The molecule has 8 aromatic rings. The third-order valence-electron chi connectivity index (χ3n) is 10.1. The van der Waals surface area contributed by atoms with Gasteiger partial charge in [0.25, 0.3) is 17.8 Å². The Kier molecular flexibility index (Phi) is 25.2. The number of ether oxygens (including phenoxy) is 3. The Hall–Kier alpha value is -7.79. The average molecular weight is 1090 g/mol. The van der Waals surface area contributed by atoms with Crippen LogP contribution in [0.5, 0.6) is 29.0 Å². The van der Waals surface area contributed by atoms with E-state index in [0.717, 1.165) is 33.2 Å². The number of hydrogen-bond acceptors (Lipinski definition) is 10. The van der Waals surface area contributed by atoms with Gasteiger partial charge < -0.3 is 51.4 Å². The highest BCUT2D eigenvalue weighted by molar-refractivity contribution is 6.33. The van der Waals surface area contributed by atoms with E-state index in [4.69, 9.17) is 60.5 Å². The van der Waals surface area contributed by atoms with Crippen molar-refractivity contribution in [2.24, 2.45) is 11.5 Å². The summed E-state index contributed by atoms with van der Waals surface area (Å²) in [6, 6.07) is 36.7. The number of rotatable bonds is 16. The third-order valence-corrected chi connectivity index (χ3v) is 10.9. The number of aromatic nitrogens is 4. The lowest BCUT2D eigenvalue weighted by atomic mass is 10.0. The van der Waals surface area contributed by atoms with E-state index in [-0.39, 0.29) is 60.5 Å². The summed E-state index contributed by atoms with van der Waals surface area (Å²) in [6.07, 6.45) is 0.330. The summed E-state index contributed by atoms with van der Waals surface area (Å²) >= 11 is 18.0. The number of hydrogen-bond donors (Lipinski definition) is 7. The van der Waals surface area contributed by atoms with Gasteiger partial charge in [0.2, 0.25) is 17.1 Å². The number of phenols is 1. The van der Waals surface area contributed by atoms with Gasteiger partial charge in [0.1, 0.15) is 35.1 Å². The van der Waals surface area contributed by atoms with E-state index in [9.17, 15) is 24.3 Å². The van der Waals surface area contributed by atoms with Crippen LogP contribution in [0.15, 0.2) is 133 Å². The molecular weight excluding hydrogens is 1020 g/mol. The van der Waals surface area contributed by atoms with E-state index < -0.39 is 35.7 Å². The second kappa shape index (κ2) is 29.8. The van der Waals surface area contributed by atoms with Crippen LogP contribution in [-0.4, -0.2) is 73.0 Å². The molecule has 0 bridgehead atoms. The van der Waals surface area contributed by atoms with Gasteiger partial charge in [0, 0.05) is 24.0 Å². The summed E-state index contributed by atoms with van der Waals surface area (Å²) < 4.78 is 16.9. The molecule has 19 heteroatoms. The Morgan fingerprint density at radius 3 is 1.39 bits per heavy atom. The number of aromatic hydroxyl groups is 1. The van der Waals surface area contributed by atoms with Crippen LogP contribution in [-0.2, 0) is 22.4 Å². The fourth-order valence-electron chi connectivity index (χ4n) is 6.72. The molecule has 6 aromatic carbocycles. The van der Waals surface area contributed by atoms with Crippen LogP contribution < -0.4 is 36.3 Å². The van der Waals surface area contributed by atoms with Crippen LogP contribution in [0.4, 0.5) is 0 Å². The zero-order valence-electron chi connectivity index (χ0n) is 38.9. The maximum absolute atomic E-state index is 12.7. The van der Waals surface area contributed by atoms with Crippen molar-refractivity contribution in [3.05, 3.63) is 171 Å². The summed E-state index contributed by atoms with van der Waals surface area (Å²) in [4.78, 5) is 63.3. The molecule has 0 spiro atoms. The maximum Gasteiger partial charge on any atom is 0.300 e. The zero-order valence-corrected chi connectivity index (χ0v) is 41.2. The van der Waals surface area contributed by atoms with Crippen molar-refractivity contribution in [2.45, 2.75) is 94.5 Å². The molecular formula is C56H67Cl3N8O8. The number of halogens is 3. The molecule has 0 saturated heterocycles. The molecule has 0 saturated carbocycles. The van der Waals surface area contributed by atoms with Gasteiger partial charge >= 0.3 is 0 Å². The average Bonchev–Trinajstić information content (AvgIpc) is 3.93. The number of benzene rings is 6. The number of aromatic amines is 2. The summed E-state index contributed by atoms with van der Waals surface area (Å²) in [6.45, 7) is 7.51. The summed E-state index contributed by atoms with van der Waals surface area (Å²) in [7, 11) is 0. The minimum Gasteiger partial charge on any atom is -0.508 e. The normalized spacial score (nSPS) is 11.1. The number of amides is 4. The minimum atomic E-state index is -0.907. The van der Waals surface area contributed by atoms with E-state index in [0.29, 0.717) is 49.7 Å². The SMILES string of the molecule is C.C.C.C.CC(C)Oc1ccc(C(=O)N[C@@H](Cc2ccc(O)cc2)C(N)=O)cc1Cl.CC(C)Oc1ccc(C(=O)N[C@@H](Cc2ccc(Oc3nc4ccccc4[nH]3)cc2)C(N)=O)cc1Cl.Clc1nc2ccccc2[nH]1. The predicted octanol–water partition coefficient (Wildman–Crippen LogP) is 12.0. The maximum atomic E-state index is 12.7. The molecule has 8 rings (SSSR count). The highest BCUT2D eigenvalue weighted by Crippen LogP contribution is 2.28. The monoisotopic (exact) mass is 1080 g/mol. The molecule has 2 aromatic heterocycles. The van der Waals surface area contributed by atoms with Gasteiger partial charge in [-0.3, -0.25) is 19.2 Å². The van der Waals surface area contributed by atoms with E-state index in [1.807, 2.05) is 76.2 Å².